The van der Waals surface area contributed by atoms with Crippen LogP contribution in [0, 0.1) is 0 Å². The zero-order valence-electron chi connectivity index (χ0n) is 17.2. The van der Waals surface area contributed by atoms with Crippen molar-refractivity contribution >= 4 is 21.8 Å². The maximum Gasteiger partial charge on any atom is 0.330 e. The van der Waals surface area contributed by atoms with Crippen LogP contribution >= 0.6 is 0 Å². The molecule has 5 atom stereocenters. The van der Waals surface area contributed by atoms with Crippen LogP contribution in [0.1, 0.15) is 20.1 Å². The van der Waals surface area contributed by atoms with E-state index < -0.39 is 68.0 Å². The average molecular weight is 486 g/mol. The minimum absolute atomic E-state index is 0.258. The SMILES string of the molecule is CC(=O)O[C@@H]1[C@H](OC(C)=O)[C@@H](C(F)S(=O)(=O)c2ccc(O)cc2)O[C@H]1n1ccc(=O)[nH]c1=O. The second-order valence-electron chi connectivity index (χ2n) is 7.05. The van der Waals surface area contributed by atoms with Crippen LogP contribution in [0.4, 0.5) is 4.39 Å². The molecule has 1 unspecified atom stereocenters. The molecule has 1 fully saturated rings. The zero-order valence-corrected chi connectivity index (χ0v) is 18.0. The monoisotopic (exact) mass is 486 g/mol. The van der Waals surface area contributed by atoms with Crippen LogP contribution in [-0.4, -0.2) is 58.8 Å². The van der Waals surface area contributed by atoms with Crippen molar-refractivity contribution in [3.05, 3.63) is 57.4 Å². The Bertz CT molecular complexity index is 1270. The fourth-order valence-electron chi connectivity index (χ4n) is 3.31. The van der Waals surface area contributed by atoms with Crippen molar-refractivity contribution in [3.63, 3.8) is 0 Å². The number of hydrogen-bond acceptors (Lipinski definition) is 10. The van der Waals surface area contributed by atoms with Crippen LogP contribution in [0.3, 0.4) is 0 Å². The van der Waals surface area contributed by atoms with E-state index in [1.54, 1.807) is 0 Å². The van der Waals surface area contributed by atoms with E-state index in [-0.39, 0.29) is 5.75 Å². The molecule has 0 spiro atoms. The molecule has 0 saturated carbocycles. The van der Waals surface area contributed by atoms with E-state index in [4.69, 9.17) is 14.2 Å². The Morgan fingerprint density at radius 3 is 2.21 bits per heavy atom. The maximum absolute atomic E-state index is 15.5. The molecule has 1 aliphatic heterocycles. The molecule has 2 heterocycles. The first-order valence-electron chi connectivity index (χ1n) is 9.40. The summed E-state index contributed by atoms with van der Waals surface area (Å²) in [4.78, 5) is 48.4. The second-order valence-corrected chi connectivity index (χ2v) is 9.06. The molecular formula is C19H19FN2O10S. The highest BCUT2D eigenvalue weighted by Gasteiger charge is 2.56. The number of H-pyrrole nitrogens is 1. The van der Waals surface area contributed by atoms with Crippen molar-refractivity contribution in [2.45, 2.75) is 48.8 Å². The Morgan fingerprint density at radius 1 is 1.09 bits per heavy atom. The predicted octanol–water partition coefficient (Wildman–Crippen LogP) is -0.228. The van der Waals surface area contributed by atoms with Crippen LogP contribution in [0.25, 0.3) is 0 Å². The summed E-state index contributed by atoms with van der Waals surface area (Å²) in [5.41, 5.74) is -4.62. The first-order chi connectivity index (χ1) is 15.4. The molecule has 2 N–H and O–H groups in total. The fraction of sp³-hybridized carbons (Fsp3) is 0.368. The number of benzene rings is 1. The first kappa shape index (κ1) is 24.1. The number of aromatic hydroxyl groups is 1. The highest BCUT2D eigenvalue weighted by molar-refractivity contribution is 7.92. The largest absolute Gasteiger partial charge is 0.508 e. The number of nitrogens with zero attached hydrogens (tertiary/aromatic N) is 1. The third kappa shape index (κ3) is 4.96. The molecule has 1 saturated heterocycles. The molecule has 3 rings (SSSR count). The Labute approximate surface area is 185 Å². The number of esters is 2. The van der Waals surface area contributed by atoms with E-state index in [9.17, 15) is 32.7 Å². The number of phenols is 1. The van der Waals surface area contributed by atoms with Gasteiger partial charge >= 0.3 is 17.6 Å². The third-order valence-corrected chi connectivity index (χ3v) is 6.46. The number of sulfone groups is 1. The van der Waals surface area contributed by atoms with Crippen molar-refractivity contribution in [2.75, 3.05) is 0 Å². The van der Waals surface area contributed by atoms with E-state index in [0.717, 1.165) is 54.9 Å². The summed E-state index contributed by atoms with van der Waals surface area (Å²) < 4.78 is 57.5. The summed E-state index contributed by atoms with van der Waals surface area (Å²) in [7, 11) is -4.76. The number of halogens is 1. The summed E-state index contributed by atoms with van der Waals surface area (Å²) >= 11 is 0. The number of alkyl halides is 1. The Morgan fingerprint density at radius 2 is 1.67 bits per heavy atom. The zero-order chi connectivity index (χ0) is 24.5. The number of carbonyl (C=O) groups is 2. The maximum atomic E-state index is 15.5. The quantitative estimate of drug-likeness (QED) is 0.520. The van der Waals surface area contributed by atoms with Gasteiger partial charge in [-0.3, -0.25) is 23.9 Å². The van der Waals surface area contributed by atoms with E-state index in [0.29, 0.717) is 0 Å². The van der Waals surface area contributed by atoms with Gasteiger partial charge in [-0.25, -0.2) is 17.6 Å². The molecule has 0 aliphatic carbocycles. The van der Waals surface area contributed by atoms with Crippen LogP contribution in [0.2, 0.25) is 0 Å². The molecule has 2 aromatic rings. The van der Waals surface area contributed by atoms with Crippen molar-refractivity contribution in [1.29, 1.82) is 0 Å². The number of phenolic OH excluding ortho intramolecular Hbond substituents is 1. The molecule has 0 bridgehead atoms. The highest BCUT2D eigenvalue weighted by atomic mass is 32.2. The molecule has 178 valence electrons. The summed E-state index contributed by atoms with van der Waals surface area (Å²) in [6, 6.07) is 4.91. The van der Waals surface area contributed by atoms with Gasteiger partial charge in [0, 0.05) is 26.1 Å². The number of hydrogen-bond donors (Lipinski definition) is 2. The molecule has 0 amide bonds. The molecule has 1 aliphatic rings. The smallest absolute Gasteiger partial charge is 0.330 e. The Balaban J connectivity index is 2.09. The third-order valence-electron chi connectivity index (χ3n) is 4.67. The van der Waals surface area contributed by atoms with Gasteiger partial charge in [-0.1, -0.05) is 0 Å². The van der Waals surface area contributed by atoms with Gasteiger partial charge < -0.3 is 19.3 Å². The van der Waals surface area contributed by atoms with Crippen molar-refractivity contribution in [1.82, 2.24) is 9.55 Å². The van der Waals surface area contributed by atoms with Crippen molar-refractivity contribution in [3.8, 4) is 5.75 Å². The van der Waals surface area contributed by atoms with Gasteiger partial charge in [-0.05, 0) is 24.3 Å². The van der Waals surface area contributed by atoms with Gasteiger partial charge in [0.25, 0.3) is 5.56 Å². The molecule has 1 aromatic heterocycles. The summed E-state index contributed by atoms with van der Waals surface area (Å²) in [5.74, 6) is -2.14. The minimum atomic E-state index is -4.76. The lowest BCUT2D eigenvalue weighted by atomic mass is 10.1. The number of ether oxygens (including phenoxy) is 3. The van der Waals surface area contributed by atoms with E-state index in [1.165, 1.54) is 0 Å². The molecule has 12 nitrogen and oxygen atoms in total. The highest BCUT2D eigenvalue weighted by Crippen LogP contribution is 2.38. The van der Waals surface area contributed by atoms with E-state index >= 15 is 4.39 Å². The van der Waals surface area contributed by atoms with Gasteiger partial charge in [0.2, 0.25) is 15.3 Å². The molecular weight excluding hydrogens is 467 g/mol. The molecule has 14 heteroatoms. The van der Waals surface area contributed by atoms with E-state index in [2.05, 4.69) is 0 Å². The van der Waals surface area contributed by atoms with Crippen LogP contribution < -0.4 is 11.2 Å². The van der Waals surface area contributed by atoms with Gasteiger partial charge in [-0.15, -0.1) is 0 Å². The number of carbonyl (C=O) groups excluding carboxylic acids is 2. The lowest BCUT2D eigenvalue weighted by Crippen LogP contribution is -2.45. The van der Waals surface area contributed by atoms with Gasteiger partial charge in [0.05, 0.1) is 4.90 Å². The Hall–Kier alpha value is -3.52. The summed E-state index contributed by atoms with van der Waals surface area (Å²) in [6.07, 6.45) is -6.09. The van der Waals surface area contributed by atoms with Gasteiger partial charge in [0.1, 0.15) is 11.9 Å². The summed E-state index contributed by atoms with van der Waals surface area (Å²) in [6.45, 7) is 1.95. The fourth-order valence-corrected chi connectivity index (χ4v) is 4.66. The van der Waals surface area contributed by atoms with Crippen molar-refractivity contribution < 1.29 is 41.7 Å². The van der Waals surface area contributed by atoms with Crippen molar-refractivity contribution in [2.24, 2.45) is 0 Å². The average Bonchev–Trinajstić information content (AvgIpc) is 3.04. The molecule has 0 radical (unpaired) electrons. The minimum Gasteiger partial charge on any atom is -0.508 e. The molecule has 1 aromatic carbocycles. The van der Waals surface area contributed by atoms with E-state index in [1.807, 2.05) is 4.98 Å². The van der Waals surface area contributed by atoms with Crippen LogP contribution in [-0.2, 0) is 33.6 Å². The number of nitrogens with one attached hydrogen (secondary N) is 1. The number of aromatic amines is 1. The summed E-state index contributed by atoms with van der Waals surface area (Å²) in [5, 5.41) is 9.36. The first-order valence-corrected chi connectivity index (χ1v) is 10.9. The number of aromatic nitrogens is 2. The van der Waals surface area contributed by atoms with Crippen LogP contribution in [0.5, 0.6) is 5.75 Å². The normalized spacial score (nSPS) is 23.6. The lowest BCUT2D eigenvalue weighted by Gasteiger charge is -2.24. The standard InChI is InChI=1S/C19H19FN2O10S/c1-9(23)30-14-15(17(20)33(28,29)12-5-3-11(25)4-6-12)32-18(16(14)31-10(2)24)22-8-7-13(26)21-19(22)27/h3-8,14-18,25H,1-2H3,(H,21,26,27)/t14-,15+,16-,17?,18-/m1/s1. The topological polar surface area (TPSA) is 171 Å². The van der Waals surface area contributed by atoms with Gasteiger partial charge in [0.15, 0.2) is 18.4 Å². The lowest BCUT2D eigenvalue weighted by molar-refractivity contribution is -0.165. The Kier molecular flexibility index (Phi) is 6.69. The second kappa shape index (κ2) is 9.15. The predicted molar refractivity (Wildman–Crippen MR) is 107 cm³/mol. The van der Waals surface area contributed by atoms with Crippen LogP contribution in [0.15, 0.2) is 51.0 Å². The number of rotatable bonds is 6. The molecule has 33 heavy (non-hydrogen) atoms. The van der Waals surface area contributed by atoms with Gasteiger partial charge in [-0.2, -0.15) is 0 Å².